The molecule has 1 fully saturated rings. The van der Waals surface area contributed by atoms with Crippen molar-refractivity contribution in [3.05, 3.63) is 54.1 Å². The molecule has 248 valence electrons. The average Bonchev–Trinajstić information content (AvgIpc) is 3.50. The summed E-state index contributed by atoms with van der Waals surface area (Å²) < 4.78 is 10.6. The summed E-state index contributed by atoms with van der Waals surface area (Å²) in [5.41, 5.74) is 6.75. The van der Waals surface area contributed by atoms with Gasteiger partial charge in [0.05, 0.1) is 6.33 Å². The van der Waals surface area contributed by atoms with E-state index < -0.39 is 59.7 Å². The summed E-state index contributed by atoms with van der Waals surface area (Å²) in [6, 6.07) is 5.96. The second-order valence-electron chi connectivity index (χ2n) is 12.6. The van der Waals surface area contributed by atoms with E-state index in [0.29, 0.717) is 18.0 Å². The molecule has 7 N–H and O–H groups in total. The van der Waals surface area contributed by atoms with Gasteiger partial charge in [-0.05, 0) is 38.7 Å². The van der Waals surface area contributed by atoms with Gasteiger partial charge in [-0.25, -0.2) is 9.78 Å². The number of aliphatic hydroxyl groups excluding tert-OH is 1. The number of H-pyrrole nitrogens is 1. The number of nitrogens with one attached hydrogen (secondary N) is 4. The minimum absolute atomic E-state index is 0.0449. The van der Waals surface area contributed by atoms with Gasteiger partial charge in [-0.2, -0.15) is 0 Å². The van der Waals surface area contributed by atoms with Crippen LogP contribution in [0.3, 0.4) is 0 Å². The third kappa shape index (κ3) is 11.9. The summed E-state index contributed by atoms with van der Waals surface area (Å²) in [5.74, 6) is -2.04. The first-order valence-corrected chi connectivity index (χ1v) is 15.5. The first-order valence-electron chi connectivity index (χ1n) is 15.5. The first kappa shape index (κ1) is 35.7. The molecule has 0 saturated heterocycles. The standard InChI is InChI=1S/C32H48N6O7/c1-32(2,3)45-31(43)37-24(16-21-13-9-6-10-14-21)28(40)36-25(17-22-18-34-19-35-22)29(41)38-30(42)27(44-4)26(39)23(33)15-20-11-7-5-8-12-20/h6,9-10,13-14,18-20,23-27,39H,5,7-8,11-12,15-17,33H2,1-4H3,(H,34,35)(H,36,40)(H,37,43)(H,38,41,42)/t23?,24-,25-,26?,27?/m0/s1. The number of carbonyl (C=O) groups is 4. The van der Waals surface area contributed by atoms with Gasteiger partial charge in [0.15, 0.2) is 6.10 Å². The highest BCUT2D eigenvalue weighted by molar-refractivity contribution is 6.01. The van der Waals surface area contributed by atoms with E-state index in [-0.39, 0.29) is 12.8 Å². The number of carbonyl (C=O) groups excluding carboxylic acids is 4. The maximum Gasteiger partial charge on any atom is 0.408 e. The predicted octanol–water partition coefficient (Wildman–Crippen LogP) is 1.89. The Balaban J connectivity index is 1.74. The molecule has 0 aliphatic heterocycles. The van der Waals surface area contributed by atoms with Crippen molar-refractivity contribution in [1.82, 2.24) is 25.9 Å². The van der Waals surface area contributed by atoms with Gasteiger partial charge in [0.1, 0.15) is 23.8 Å². The van der Waals surface area contributed by atoms with E-state index in [1.165, 1.54) is 26.1 Å². The van der Waals surface area contributed by atoms with Gasteiger partial charge in [-0.15, -0.1) is 0 Å². The largest absolute Gasteiger partial charge is 0.444 e. The zero-order valence-electron chi connectivity index (χ0n) is 26.6. The Morgan fingerprint density at radius 2 is 1.67 bits per heavy atom. The highest BCUT2D eigenvalue weighted by atomic mass is 16.6. The molecule has 13 heteroatoms. The highest BCUT2D eigenvalue weighted by Crippen LogP contribution is 2.28. The van der Waals surface area contributed by atoms with E-state index in [1.807, 2.05) is 6.07 Å². The third-order valence-corrected chi connectivity index (χ3v) is 7.74. The zero-order chi connectivity index (χ0) is 33.0. The van der Waals surface area contributed by atoms with E-state index in [4.69, 9.17) is 15.2 Å². The van der Waals surface area contributed by atoms with Crippen LogP contribution in [0.1, 0.15) is 70.6 Å². The van der Waals surface area contributed by atoms with Gasteiger partial charge in [-0.3, -0.25) is 19.7 Å². The Morgan fingerprint density at radius 3 is 2.27 bits per heavy atom. The lowest BCUT2D eigenvalue weighted by atomic mass is 9.83. The molecular formula is C32H48N6O7. The first-order chi connectivity index (χ1) is 21.4. The second-order valence-corrected chi connectivity index (χ2v) is 12.6. The summed E-state index contributed by atoms with van der Waals surface area (Å²) in [5, 5.41) is 18.4. The number of nitrogens with two attached hydrogens (primary N) is 1. The fraction of sp³-hybridized carbons (Fsp3) is 0.594. The van der Waals surface area contributed by atoms with E-state index in [9.17, 15) is 24.3 Å². The zero-order valence-corrected chi connectivity index (χ0v) is 26.6. The molecule has 1 saturated carbocycles. The van der Waals surface area contributed by atoms with Gasteiger partial charge < -0.3 is 35.9 Å². The van der Waals surface area contributed by atoms with Crippen molar-refractivity contribution in [2.24, 2.45) is 11.7 Å². The topological polar surface area (TPSA) is 198 Å². The normalized spacial score (nSPS) is 17.3. The van der Waals surface area contributed by atoms with Crippen LogP contribution in [-0.2, 0) is 36.7 Å². The molecule has 1 aliphatic rings. The number of nitrogens with zero attached hydrogens (tertiary/aromatic N) is 1. The maximum atomic E-state index is 13.6. The van der Waals surface area contributed by atoms with Gasteiger partial charge in [0.25, 0.3) is 5.91 Å². The number of aliphatic hydroxyl groups is 1. The molecule has 1 heterocycles. The van der Waals surface area contributed by atoms with Crippen molar-refractivity contribution in [3.8, 4) is 0 Å². The second kappa shape index (κ2) is 17.0. The number of hydrogen-bond donors (Lipinski definition) is 6. The summed E-state index contributed by atoms with van der Waals surface area (Å²) >= 11 is 0. The van der Waals surface area contributed by atoms with Gasteiger partial charge in [-0.1, -0.05) is 62.4 Å². The SMILES string of the molecule is COC(C(=O)NC(=O)[C@H](Cc1cnc[nH]1)NC(=O)[C@H](Cc1ccccc1)NC(=O)OC(C)(C)C)C(O)C(N)CC1CCCCC1. The Labute approximate surface area is 264 Å². The van der Waals surface area contributed by atoms with Crippen LogP contribution in [0, 0.1) is 5.92 Å². The number of ether oxygens (including phenoxy) is 2. The van der Waals surface area contributed by atoms with Crippen LogP contribution in [0.2, 0.25) is 0 Å². The number of benzene rings is 1. The summed E-state index contributed by atoms with van der Waals surface area (Å²) in [6.45, 7) is 5.11. The third-order valence-electron chi connectivity index (χ3n) is 7.74. The molecule has 3 unspecified atom stereocenters. The van der Waals surface area contributed by atoms with Gasteiger partial charge >= 0.3 is 6.09 Å². The number of alkyl carbamates (subject to hydrolysis) is 1. The van der Waals surface area contributed by atoms with E-state index in [0.717, 1.165) is 31.2 Å². The molecule has 0 spiro atoms. The Bertz CT molecular complexity index is 1230. The molecule has 3 rings (SSSR count). The number of rotatable bonds is 14. The van der Waals surface area contributed by atoms with Crippen molar-refractivity contribution in [3.63, 3.8) is 0 Å². The average molecular weight is 629 g/mol. The fourth-order valence-electron chi connectivity index (χ4n) is 5.46. The lowest BCUT2D eigenvalue weighted by Crippen LogP contribution is -2.58. The quantitative estimate of drug-likeness (QED) is 0.181. The molecule has 13 nitrogen and oxygen atoms in total. The molecule has 1 aromatic carbocycles. The lowest BCUT2D eigenvalue weighted by Gasteiger charge is -2.30. The molecule has 1 aromatic heterocycles. The minimum Gasteiger partial charge on any atom is -0.444 e. The number of aromatic amines is 1. The van der Waals surface area contributed by atoms with Gasteiger partial charge in [0.2, 0.25) is 11.8 Å². The minimum atomic E-state index is -1.41. The summed E-state index contributed by atoms with van der Waals surface area (Å²) in [4.78, 5) is 59.8. The molecule has 0 bridgehead atoms. The molecule has 4 amide bonds. The molecule has 0 radical (unpaired) electrons. The van der Waals surface area contributed by atoms with Crippen LogP contribution in [0.4, 0.5) is 4.79 Å². The molecule has 2 aromatic rings. The highest BCUT2D eigenvalue weighted by Gasteiger charge is 2.36. The van der Waals surface area contributed by atoms with Crippen LogP contribution >= 0.6 is 0 Å². The van der Waals surface area contributed by atoms with Crippen molar-refractivity contribution in [1.29, 1.82) is 0 Å². The van der Waals surface area contributed by atoms with Crippen LogP contribution in [0.5, 0.6) is 0 Å². The number of amides is 4. The van der Waals surface area contributed by atoms with Gasteiger partial charge in [0, 0.05) is 37.9 Å². The molecular weight excluding hydrogens is 580 g/mol. The van der Waals surface area contributed by atoms with Crippen LogP contribution in [-0.4, -0.2) is 81.9 Å². The molecule has 1 aliphatic carbocycles. The van der Waals surface area contributed by atoms with Crippen molar-refractivity contribution in [2.75, 3.05) is 7.11 Å². The number of methoxy groups -OCH3 is 1. The van der Waals surface area contributed by atoms with Crippen LogP contribution < -0.4 is 21.7 Å². The lowest BCUT2D eigenvalue weighted by molar-refractivity contribution is -0.144. The van der Waals surface area contributed by atoms with E-state index in [2.05, 4.69) is 25.9 Å². The summed E-state index contributed by atoms with van der Waals surface area (Å²) in [6.07, 6.45) is 5.39. The number of hydrogen-bond acceptors (Lipinski definition) is 9. The van der Waals surface area contributed by atoms with E-state index in [1.54, 1.807) is 45.0 Å². The van der Waals surface area contributed by atoms with Crippen molar-refractivity contribution < 1.29 is 33.8 Å². The maximum absolute atomic E-state index is 13.6. The Kier molecular flexibility index (Phi) is 13.5. The Hall–Kier alpha value is -3.81. The Morgan fingerprint density at radius 1 is 1.00 bits per heavy atom. The molecule has 5 atom stereocenters. The number of imide groups is 1. The summed E-state index contributed by atoms with van der Waals surface area (Å²) in [7, 11) is 1.26. The van der Waals surface area contributed by atoms with Crippen molar-refractivity contribution >= 4 is 23.8 Å². The van der Waals surface area contributed by atoms with Crippen LogP contribution in [0.25, 0.3) is 0 Å². The monoisotopic (exact) mass is 628 g/mol. The molecule has 45 heavy (non-hydrogen) atoms. The number of aromatic nitrogens is 2. The predicted molar refractivity (Wildman–Crippen MR) is 167 cm³/mol. The smallest absolute Gasteiger partial charge is 0.408 e. The fourth-order valence-corrected chi connectivity index (χ4v) is 5.46. The van der Waals surface area contributed by atoms with Crippen molar-refractivity contribution in [2.45, 2.75) is 108 Å². The number of imidazole rings is 1. The van der Waals surface area contributed by atoms with E-state index >= 15 is 0 Å². The van der Waals surface area contributed by atoms with Crippen LogP contribution in [0.15, 0.2) is 42.9 Å².